The fraction of sp³-hybridized carbons (Fsp3) is 0.524. The van der Waals surface area contributed by atoms with Crippen LogP contribution in [0.15, 0.2) is 42.6 Å². The molecule has 138 valence electrons. The van der Waals surface area contributed by atoms with Crippen molar-refractivity contribution in [3.8, 4) is 0 Å². The molecule has 0 amide bonds. The minimum atomic E-state index is -0.0587. The molecule has 0 unspecified atom stereocenters. The van der Waals surface area contributed by atoms with Gasteiger partial charge in [0.2, 0.25) is 0 Å². The summed E-state index contributed by atoms with van der Waals surface area (Å²) in [6.07, 6.45) is 5.22. The van der Waals surface area contributed by atoms with Crippen molar-refractivity contribution in [2.45, 2.75) is 51.0 Å². The lowest BCUT2D eigenvalue weighted by Gasteiger charge is -2.39. The quantitative estimate of drug-likeness (QED) is 0.826. The maximum absolute atomic E-state index is 6.27. The minimum absolute atomic E-state index is 0.0587. The Morgan fingerprint density at radius 1 is 1.23 bits per heavy atom. The van der Waals surface area contributed by atoms with E-state index in [2.05, 4.69) is 27.0 Å². The van der Waals surface area contributed by atoms with Gasteiger partial charge in [0.05, 0.1) is 36.3 Å². The van der Waals surface area contributed by atoms with Crippen LogP contribution in [-0.2, 0) is 22.6 Å². The van der Waals surface area contributed by atoms with E-state index in [-0.39, 0.29) is 11.7 Å². The highest BCUT2D eigenvalue weighted by atomic mass is 16.6. The molecule has 2 aliphatic rings. The van der Waals surface area contributed by atoms with E-state index in [9.17, 15) is 0 Å². The van der Waals surface area contributed by atoms with Crippen LogP contribution < -0.4 is 0 Å². The fourth-order valence-electron chi connectivity index (χ4n) is 4.12. The molecular formula is C21H27N3O2. The molecule has 2 aromatic heterocycles. The predicted octanol–water partition coefficient (Wildman–Crippen LogP) is 3.13. The Bertz CT molecular complexity index is 724. The van der Waals surface area contributed by atoms with E-state index in [1.54, 1.807) is 0 Å². The molecule has 1 spiro atoms. The van der Waals surface area contributed by atoms with Gasteiger partial charge in [-0.25, -0.2) is 0 Å². The molecule has 2 fully saturated rings. The molecule has 2 aliphatic heterocycles. The molecule has 0 saturated carbocycles. The number of likely N-dealkylation sites (tertiary alicyclic amines) is 1. The lowest BCUT2D eigenvalue weighted by Crippen LogP contribution is -2.47. The van der Waals surface area contributed by atoms with E-state index in [0.717, 1.165) is 49.6 Å². The van der Waals surface area contributed by atoms with Crippen LogP contribution in [0.25, 0.3) is 0 Å². The van der Waals surface area contributed by atoms with Gasteiger partial charge in [0.25, 0.3) is 0 Å². The standard InChI is InChI=1S/C21H27N3O2/c1-17-6-4-8-18(23-17)13-24-11-5-9-21(16-24)12-20(15-26-21)25-14-19-7-2-3-10-22-19/h2-4,6-8,10,20H,5,9,11-16H2,1H3/t20-,21-/m0/s1. The molecule has 0 radical (unpaired) electrons. The summed E-state index contributed by atoms with van der Waals surface area (Å²) in [6.45, 7) is 6.26. The van der Waals surface area contributed by atoms with Gasteiger partial charge in [0.15, 0.2) is 0 Å². The van der Waals surface area contributed by atoms with Crippen LogP contribution in [0.2, 0.25) is 0 Å². The number of rotatable bonds is 5. The zero-order valence-electron chi connectivity index (χ0n) is 15.4. The first kappa shape index (κ1) is 17.6. The number of hydrogen-bond donors (Lipinski definition) is 0. The fourth-order valence-corrected chi connectivity index (χ4v) is 4.12. The summed E-state index contributed by atoms with van der Waals surface area (Å²) in [6, 6.07) is 12.2. The number of aromatic nitrogens is 2. The number of ether oxygens (including phenoxy) is 2. The third-order valence-electron chi connectivity index (χ3n) is 5.32. The van der Waals surface area contributed by atoms with Crippen LogP contribution in [-0.4, -0.2) is 46.3 Å². The SMILES string of the molecule is Cc1cccc(CN2CCC[C@]3(C[C@H](OCc4ccccn4)CO3)C2)n1. The third-order valence-corrected chi connectivity index (χ3v) is 5.32. The summed E-state index contributed by atoms with van der Waals surface area (Å²) in [5.41, 5.74) is 3.14. The smallest absolute Gasteiger partial charge is 0.0892 e. The van der Waals surface area contributed by atoms with E-state index < -0.39 is 0 Å². The van der Waals surface area contributed by atoms with Crippen LogP contribution in [0.3, 0.4) is 0 Å². The van der Waals surface area contributed by atoms with Crippen molar-refractivity contribution in [3.05, 3.63) is 59.7 Å². The Morgan fingerprint density at radius 3 is 3.00 bits per heavy atom. The van der Waals surface area contributed by atoms with Crippen molar-refractivity contribution in [3.63, 3.8) is 0 Å². The number of nitrogens with zero attached hydrogens (tertiary/aromatic N) is 3. The largest absolute Gasteiger partial charge is 0.371 e. The normalized spacial score (nSPS) is 26.4. The lowest BCUT2D eigenvalue weighted by atomic mass is 9.89. The van der Waals surface area contributed by atoms with Crippen LogP contribution in [0.5, 0.6) is 0 Å². The molecule has 0 aliphatic carbocycles. The molecule has 4 rings (SSSR count). The maximum Gasteiger partial charge on any atom is 0.0892 e. The second-order valence-electron chi connectivity index (χ2n) is 7.54. The molecule has 0 aromatic carbocycles. The van der Waals surface area contributed by atoms with Gasteiger partial charge >= 0.3 is 0 Å². The Hall–Kier alpha value is -1.82. The number of piperidine rings is 1. The molecule has 0 N–H and O–H groups in total. The lowest BCUT2D eigenvalue weighted by molar-refractivity contribution is -0.0550. The Morgan fingerprint density at radius 2 is 2.15 bits per heavy atom. The van der Waals surface area contributed by atoms with E-state index >= 15 is 0 Å². The Kier molecular flexibility index (Phi) is 5.29. The summed E-state index contributed by atoms with van der Waals surface area (Å²) in [5.74, 6) is 0. The molecule has 4 heterocycles. The van der Waals surface area contributed by atoms with E-state index in [1.165, 1.54) is 6.42 Å². The topological polar surface area (TPSA) is 47.5 Å². The first-order chi connectivity index (χ1) is 12.7. The van der Waals surface area contributed by atoms with E-state index in [0.29, 0.717) is 13.2 Å². The van der Waals surface area contributed by atoms with Crippen LogP contribution in [0.4, 0.5) is 0 Å². The summed E-state index contributed by atoms with van der Waals surface area (Å²) in [5, 5.41) is 0. The van der Waals surface area contributed by atoms with Gasteiger partial charge in [0.1, 0.15) is 0 Å². The molecule has 26 heavy (non-hydrogen) atoms. The van der Waals surface area contributed by atoms with Crippen molar-refractivity contribution < 1.29 is 9.47 Å². The van der Waals surface area contributed by atoms with Gasteiger partial charge in [-0.15, -0.1) is 0 Å². The predicted molar refractivity (Wildman–Crippen MR) is 99.6 cm³/mol. The summed E-state index contributed by atoms with van der Waals surface area (Å²) < 4.78 is 12.3. The maximum atomic E-state index is 6.27. The highest BCUT2D eigenvalue weighted by molar-refractivity contribution is 5.10. The summed E-state index contributed by atoms with van der Waals surface area (Å²) >= 11 is 0. The number of pyridine rings is 2. The van der Waals surface area contributed by atoms with Crippen molar-refractivity contribution in [1.29, 1.82) is 0 Å². The van der Waals surface area contributed by atoms with E-state index in [4.69, 9.17) is 9.47 Å². The molecule has 2 saturated heterocycles. The van der Waals surface area contributed by atoms with Crippen molar-refractivity contribution in [2.24, 2.45) is 0 Å². The highest BCUT2D eigenvalue weighted by Crippen LogP contribution is 2.36. The van der Waals surface area contributed by atoms with Gasteiger partial charge < -0.3 is 9.47 Å². The molecule has 5 nitrogen and oxygen atoms in total. The Balaban J connectivity index is 1.32. The second-order valence-corrected chi connectivity index (χ2v) is 7.54. The van der Waals surface area contributed by atoms with Crippen LogP contribution >= 0.6 is 0 Å². The van der Waals surface area contributed by atoms with Crippen molar-refractivity contribution >= 4 is 0 Å². The average Bonchev–Trinajstić information content (AvgIpc) is 3.03. The van der Waals surface area contributed by atoms with Crippen molar-refractivity contribution in [1.82, 2.24) is 14.9 Å². The molecule has 2 atom stereocenters. The van der Waals surface area contributed by atoms with Gasteiger partial charge in [-0.05, 0) is 50.6 Å². The monoisotopic (exact) mass is 353 g/mol. The third kappa shape index (κ3) is 4.29. The number of hydrogen-bond acceptors (Lipinski definition) is 5. The molecule has 5 heteroatoms. The summed E-state index contributed by atoms with van der Waals surface area (Å²) in [4.78, 5) is 11.5. The van der Waals surface area contributed by atoms with Crippen LogP contribution in [0, 0.1) is 6.92 Å². The van der Waals surface area contributed by atoms with Gasteiger partial charge in [-0.3, -0.25) is 14.9 Å². The van der Waals surface area contributed by atoms with Crippen molar-refractivity contribution in [2.75, 3.05) is 19.7 Å². The molecule has 2 aromatic rings. The first-order valence-electron chi connectivity index (χ1n) is 9.51. The second kappa shape index (κ2) is 7.82. The average molecular weight is 353 g/mol. The zero-order valence-corrected chi connectivity index (χ0v) is 15.4. The Labute approximate surface area is 155 Å². The number of aryl methyl sites for hydroxylation is 1. The molecule has 0 bridgehead atoms. The van der Waals surface area contributed by atoms with Gasteiger partial charge in [0, 0.05) is 31.4 Å². The highest BCUT2D eigenvalue weighted by Gasteiger charge is 2.43. The van der Waals surface area contributed by atoms with Gasteiger partial charge in [-0.2, -0.15) is 0 Å². The minimum Gasteiger partial charge on any atom is -0.371 e. The summed E-state index contributed by atoms with van der Waals surface area (Å²) in [7, 11) is 0. The molecular weight excluding hydrogens is 326 g/mol. The zero-order chi connectivity index (χ0) is 17.8. The van der Waals surface area contributed by atoms with Crippen LogP contribution in [0.1, 0.15) is 36.3 Å². The van der Waals surface area contributed by atoms with E-state index in [1.807, 2.05) is 37.4 Å². The van der Waals surface area contributed by atoms with Gasteiger partial charge in [-0.1, -0.05) is 12.1 Å². The first-order valence-corrected chi connectivity index (χ1v) is 9.51.